The number of rotatable bonds is 4. The molecule has 0 unspecified atom stereocenters. The van der Waals surface area contributed by atoms with Crippen LogP contribution in [0.3, 0.4) is 0 Å². The topological polar surface area (TPSA) is 95.1 Å². The number of piperidine rings is 1. The quantitative estimate of drug-likeness (QED) is 0.854. The van der Waals surface area contributed by atoms with E-state index in [0.29, 0.717) is 19.1 Å². The van der Waals surface area contributed by atoms with Gasteiger partial charge in [0.15, 0.2) is 5.82 Å². The zero-order chi connectivity index (χ0) is 19.0. The Morgan fingerprint density at radius 1 is 1.15 bits per heavy atom. The number of H-pyrrole nitrogens is 1. The Bertz CT molecular complexity index is 891. The molecule has 2 aromatic heterocycles. The number of likely N-dealkylation sites (tertiary alicyclic amines) is 1. The molecule has 0 spiro atoms. The highest BCUT2D eigenvalue weighted by molar-refractivity contribution is 7.88. The van der Waals surface area contributed by atoms with Gasteiger partial charge in [-0.05, 0) is 45.2 Å². The third kappa shape index (κ3) is 3.90. The van der Waals surface area contributed by atoms with Gasteiger partial charge in [-0.2, -0.15) is 0 Å². The third-order valence-corrected chi connectivity index (χ3v) is 6.90. The van der Waals surface area contributed by atoms with Gasteiger partial charge in [0.1, 0.15) is 11.5 Å². The molecule has 0 aliphatic carbocycles. The molecule has 2 fully saturated rings. The molecule has 0 bridgehead atoms. The molecule has 9 heteroatoms. The SMILES string of the molecule is Cc1nc(-c2ncc[nH]2)cc([C@H]2CCCN2C2CCN(S(C)(=O)=O)CC2)n1. The van der Waals surface area contributed by atoms with Crippen LogP contribution >= 0.6 is 0 Å². The van der Waals surface area contributed by atoms with E-state index >= 15 is 0 Å². The van der Waals surface area contributed by atoms with Gasteiger partial charge in [-0.15, -0.1) is 0 Å². The fourth-order valence-electron chi connectivity index (χ4n) is 4.34. The Morgan fingerprint density at radius 2 is 1.93 bits per heavy atom. The van der Waals surface area contributed by atoms with Crippen LogP contribution in [0, 0.1) is 6.92 Å². The van der Waals surface area contributed by atoms with Crippen LogP contribution in [0.25, 0.3) is 11.5 Å². The molecule has 2 aliphatic heterocycles. The summed E-state index contributed by atoms with van der Waals surface area (Å²) in [6.07, 6.45) is 8.77. The molecule has 27 heavy (non-hydrogen) atoms. The minimum Gasteiger partial charge on any atom is -0.343 e. The second-order valence-electron chi connectivity index (χ2n) is 7.45. The molecule has 0 aromatic carbocycles. The van der Waals surface area contributed by atoms with Crippen molar-refractivity contribution in [3.8, 4) is 11.5 Å². The van der Waals surface area contributed by atoms with E-state index in [1.54, 1.807) is 16.7 Å². The highest BCUT2D eigenvalue weighted by Crippen LogP contribution is 2.36. The lowest BCUT2D eigenvalue weighted by Crippen LogP contribution is -2.46. The van der Waals surface area contributed by atoms with Crippen LogP contribution in [0.5, 0.6) is 0 Å². The lowest BCUT2D eigenvalue weighted by Gasteiger charge is -2.38. The fraction of sp³-hybridized carbons (Fsp3) is 0.611. The number of aromatic nitrogens is 4. The highest BCUT2D eigenvalue weighted by Gasteiger charge is 2.36. The smallest absolute Gasteiger partial charge is 0.211 e. The van der Waals surface area contributed by atoms with Gasteiger partial charge in [0.25, 0.3) is 0 Å². The minimum absolute atomic E-state index is 0.259. The minimum atomic E-state index is -3.09. The molecule has 0 saturated carbocycles. The van der Waals surface area contributed by atoms with E-state index in [4.69, 9.17) is 4.98 Å². The predicted octanol–water partition coefficient (Wildman–Crippen LogP) is 1.74. The maximum absolute atomic E-state index is 11.8. The second kappa shape index (κ2) is 7.29. The Kier molecular flexibility index (Phi) is 5.00. The average Bonchev–Trinajstić information content (AvgIpc) is 3.32. The summed E-state index contributed by atoms with van der Waals surface area (Å²) in [7, 11) is -3.09. The molecule has 2 saturated heterocycles. The summed E-state index contributed by atoms with van der Waals surface area (Å²) in [4.78, 5) is 19.2. The molecular weight excluding hydrogens is 364 g/mol. The fourth-order valence-corrected chi connectivity index (χ4v) is 5.21. The maximum atomic E-state index is 11.8. The van der Waals surface area contributed by atoms with Crippen molar-refractivity contribution in [3.05, 3.63) is 30.0 Å². The monoisotopic (exact) mass is 390 g/mol. The summed E-state index contributed by atoms with van der Waals surface area (Å²) in [5, 5.41) is 0. The first kappa shape index (κ1) is 18.5. The number of aryl methyl sites for hydroxylation is 1. The van der Waals surface area contributed by atoms with Crippen LogP contribution in [0.1, 0.15) is 43.2 Å². The van der Waals surface area contributed by atoms with Crippen molar-refractivity contribution >= 4 is 10.0 Å². The van der Waals surface area contributed by atoms with Crippen LogP contribution in [-0.4, -0.2) is 69.5 Å². The van der Waals surface area contributed by atoms with E-state index < -0.39 is 10.0 Å². The van der Waals surface area contributed by atoms with Crippen molar-refractivity contribution in [2.24, 2.45) is 0 Å². The summed E-state index contributed by atoms with van der Waals surface area (Å²) in [6, 6.07) is 2.70. The predicted molar refractivity (Wildman–Crippen MR) is 102 cm³/mol. The second-order valence-corrected chi connectivity index (χ2v) is 9.43. The maximum Gasteiger partial charge on any atom is 0.211 e. The molecule has 1 atom stereocenters. The Hall–Kier alpha value is -1.84. The number of imidazole rings is 1. The van der Waals surface area contributed by atoms with Crippen LogP contribution in [0.4, 0.5) is 0 Å². The number of nitrogens with zero attached hydrogens (tertiary/aromatic N) is 5. The zero-order valence-corrected chi connectivity index (χ0v) is 16.6. The Labute approximate surface area is 160 Å². The number of hydrogen-bond donors (Lipinski definition) is 1. The molecule has 2 aliphatic rings. The summed E-state index contributed by atoms with van der Waals surface area (Å²) < 4.78 is 25.1. The van der Waals surface area contributed by atoms with Crippen molar-refractivity contribution < 1.29 is 8.42 Å². The van der Waals surface area contributed by atoms with E-state index in [9.17, 15) is 8.42 Å². The van der Waals surface area contributed by atoms with Crippen molar-refractivity contribution in [3.63, 3.8) is 0 Å². The first-order chi connectivity index (χ1) is 12.9. The third-order valence-electron chi connectivity index (χ3n) is 5.60. The standard InChI is InChI=1S/C18H26N6O2S/c1-13-21-15(12-16(22-13)18-19-7-8-20-18)17-4-3-9-24(17)14-5-10-23(11-6-14)27(2,25)26/h7-8,12,14,17H,3-6,9-11H2,1-2H3,(H,19,20)/t17-/m1/s1. The lowest BCUT2D eigenvalue weighted by molar-refractivity contribution is 0.125. The van der Waals surface area contributed by atoms with Crippen molar-refractivity contribution in [2.45, 2.75) is 44.7 Å². The van der Waals surface area contributed by atoms with Crippen molar-refractivity contribution in [1.29, 1.82) is 0 Å². The van der Waals surface area contributed by atoms with E-state index in [-0.39, 0.29) is 6.04 Å². The Balaban J connectivity index is 1.54. The summed E-state index contributed by atoms with van der Waals surface area (Å²) in [5.74, 6) is 1.51. The first-order valence-corrected chi connectivity index (χ1v) is 11.3. The van der Waals surface area contributed by atoms with E-state index in [1.807, 2.05) is 13.0 Å². The molecule has 146 valence electrons. The first-order valence-electron chi connectivity index (χ1n) is 9.48. The van der Waals surface area contributed by atoms with Gasteiger partial charge in [-0.25, -0.2) is 27.7 Å². The lowest BCUT2D eigenvalue weighted by atomic mass is 10.0. The molecule has 4 heterocycles. The van der Waals surface area contributed by atoms with Gasteiger partial charge in [0.2, 0.25) is 10.0 Å². The zero-order valence-electron chi connectivity index (χ0n) is 15.8. The molecule has 0 radical (unpaired) electrons. The van der Waals surface area contributed by atoms with Gasteiger partial charge in [0.05, 0.1) is 18.0 Å². The van der Waals surface area contributed by atoms with Gasteiger partial charge >= 0.3 is 0 Å². The van der Waals surface area contributed by atoms with Crippen molar-refractivity contribution in [2.75, 3.05) is 25.9 Å². The number of aromatic amines is 1. The molecular formula is C18H26N6O2S. The summed E-state index contributed by atoms with van der Waals surface area (Å²) in [6.45, 7) is 4.16. The summed E-state index contributed by atoms with van der Waals surface area (Å²) >= 11 is 0. The molecule has 2 aromatic rings. The van der Waals surface area contributed by atoms with Crippen LogP contribution in [0.2, 0.25) is 0 Å². The normalized spacial score (nSPS) is 23.1. The van der Waals surface area contributed by atoms with Crippen LogP contribution < -0.4 is 0 Å². The number of sulfonamides is 1. The largest absolute Gasteiger partial charge is 0.343 e. The molecule has 4 rings (SSSR count). The number of nitrogens with one attached hydrogen (secondary N) is 1. The van der Waals surface area contributed by atoms with Crippen LogP contribution in [0.15, 0.2) is 18.5 Å². The average molecular weight is 391 g/mol. The van der Waals surface area contributed by atoms with Crippen LogP contribution in [-0.2, 0) is 10.0 Å². The van der Waals surface area contributed by atoms with E-state index in [2.05, 4.69) is 19.9 Å². The highest BCUT2D eigenvalue weighted by atomic mass is 32.2. The summed E-state index contributed by atoms with van der Waals surface area (Å²) in [5.41, 5.74) is 1.86. The van der Waals surface area contributed by atoms with Gasteiger partial charge in [-0.1, -0.05) is 0 Å². The van der Waals surface area contributed by atoms with Gasteiger partial charge in [-0.3, -0.25) is 4.90 Å². The van der Waals surface area contributed by atoms with E-state index in [1.165, 1.54) is 6.26 Å². The molecule has 1 N–H and O–H groups in total. The molecule has 0 amide bonds. The van der Waals surface area contributed by atoms with Gasteiger partial charge < -0.3 is 4.98 Å². The Morgan fingerprint density at radius 3 is 2.59 bits per heavy atom. The van der Waals surface area contributed by atoms with E-state index in [0.717, 1.165) is 55.3 Å². The number of hydrogen-bond acceptors (Lipinski definition) is 6. The van der Waals surface area contributed by atoms with Crippen molar-refractivity contribution in [1.82, 2.24) is 29.1 Å². The molecule has 8 nitrogen and oxygen atoms in total. The van der Waals surface area contributed by atoms with Gasteiger partial charge in [0, 0.05) is 31.5 Å².